The van der Waals surface area contributed by atoms with Crippen LogP contribution >= 0.6 is 27.3 Å². The van der Waals surface area contributed by atoms with Gasteiger partial charge in [-0.2, -0.15) is 4.68 Å². The summed E-state index contributed by atoms with van der Waals surface area (Å²) in [6, 6.07) is 22.3. The highest BCUT2D eigenvalue weighted by molar-refractivity contribution is 9.10. The average Bonchev–Trinajstić information content (AvgIpc) is 3.34. The van der Waals surface area contributed by atoms with Crippen LogP contribution in [-0.2, 0) is 11.3 Å². The summed E-state index contributed by atoms with van der Waals surface area (Å²) in [6.07, 6.45) is 1.72. The fourth-order valence-corrected chi connectivity index (χ4v) is 6.93. The van der Waals surface area contributed by atoms with Crippen LogP contribution in [0.15, 0.2) is 87.1 Å². The van der Waals surface area contributed by atoms with Crippen molar-refractivity contribution in [2.24, 2.45) is 4.99 Å². The van der Waals surface area contributed by atoms with Crippen molar-refractivity contribution in [3.63, 3.8) is 0 Å². The van der Waals surface area contributed by atoms with Gasteiger partial charge >= 0.3 is 6.03 Å². The van der Waals surface area contributed by atoms with Gasteiger partial charge in [-0.25, -0.2) is 9.79 Å². The van der Waals surface area contributed by atoms with Crippen molar-refractivity contribution in [3.05, 3.63) is 114 Å². The molecule has 0 radical (unpaired) electrons. The van der Waals surface area contributed by atoms with Crippen LogP contribution in [0.5, 0.6) is 11.5 Å². The Labute approximate surface area is 236 Å². The minimum atomic E-state index is -1.23. The molecular weight excluding hydrogens is 582 g/mol. The Morgan fingerprint density at radius 2 is 1.64 bits per heavy atom. The Balaban J connectivity index is 1.67. The van der Waals surface area contributed by atoms with Gasteiger partial charge < -0.3 is 9.84 Å². The first-order valence-corrected chi connectivity index (χ1v) is 13.7. The molecule has 2 aliphatic rings. The Morgan fingerprint density at radius 1 is 1.00 bits per heavy atom. The van der Waals surface area contributed by atoms with Crippen molar-refractivity contribution in [1.82, 2.24) is 14.5 Å². The maximum absolute atomic E-state index is 13.8. The summed E-state index contributed by atoms with van der Waals surface area (Å²) in [6.45, 7) is 0. The number of amides is 2. The number of phenols is 1. The van der Waals surface area contributed by atoms with Gasteiger partial charge in [-0.05, 0) is 39.7 Å². The molecule has 1 fully saturated rings. The largest absolute Gasteiger partial charge is 0.503 e. The van der Waals surface area contributed by atoms with Crippen LogP contribution in [-0.4, -0.2) is 46.8 Å². The van der Waals surface area contributed by atoms with E-state index in [4.69, 9.17) is 9.73 Å². The van der Waals surface area contributed by atoms with Crippen LogP contribution in [0.25, 0.3) is 6.08 Å². The minimum Gasteiger partial charge on any atom is -0.503 e. The fourth-order valence-electron chi connectivity index (χ4n) is 5.50. The maximum atomic E-state index is 13.8. The second-order valence-electron chi connectivity index (χ2n) is 9.33. The van der Waals surface area contributed by atoms with Crippen molar-refractivity contribution in [3.8, 4) is 11.5 Å². The van der Waals surface area contributed by atoms with E-state index in [2.05, 4.69) is 21.4 Å². The van der Waals surface area contributed by atoms with Crippen LogP contribution in [0.4, 0.5) is 4.79 Å². The number of hydrogen-bond donors (Lipinski definition) is 2. The van der Waals surface area contributed by atoms with Gasteiger partial charge in [0, 0.05) is 25.2 Å². The van der Waals surface area contributed by atoms with Crippen molar-refractivity contribution >= 4 is 39.4 Å². The summed E-state index contributed by atoms with van der Waals surface area (Å²) in [5.74, 6) is 0.258. The number of ether oxygens (including phenoxy) is 1. The van der Waals surface area contributed by atoms with E-state index in [0.29, 0.717) is 19.4 Å². The number of methoxy groups -OCH3 is 1. The number of phenolic OH excluding ortho intramolecular Hbond substituents is 1. The molecule has 0 spiro atoms. The van der Waals surface area contributed by atoms with E-state index in [0.717, 1.165) is 11.1 Å². The number of hydrogen-bond acceptors (Lipinski definition) is 7. The molecule has 0 unspecified atom stereocenters. The number of benzene rings is 3. The molecule has 9 nitrogen and oxygen atoms in total. The molecule has 2 atom stereocenters. The maximum Gasteiger partial charge on any atom is 0.324 e. The zero-order valence-electron chi connectivity index (χ0n) is 21.3. The van der Waals surface area contributed by atoms with Crippen LogP contribution in [0.3, 0.4) is 0 Å². The Bertz CT molecular complexity index is 1790. The van der Waals surface area contributed by atoms with Gasteiger partial charge in [-0.3, -0.25) is 20.0 Å². The number of carbonyl (C=O) groups is 1. The molecule has 11 heteroatoms. The zero-order chi connectivity index (χ0) is 27.5. The van der Waals surface area contributed by atoms with Gasteiger partial charge in [0.05, 0.1) is 16.1 Å². The number of nitrogens with zero attached hydrogens (tertiary/aromatic N) is 4. The molecule has 1 saturated heterocycles. The zero-order valence-corrected chi connectivity index (χ0v) is 23.7. The van der Waals surface area contributed by atoms with Gasteiger partial charge in [0.15, 0.2) is 11.5 Å². The molecule has 4 aromatic rings. The van der Waals surface area contributed by atoms with Crippen LogP contribution in [0.1, 0.15) is 16.7 Å². The van der Waals surface area contributed by atoms with Crippen LogP contribution in [0, 0.1) is 0 Å². The summed E-state index contributed by atoms with van der Waals surface area (Å²) in [5.41, 5.74) is 2.91. The quantitative estimate of drug-likeness (QED) is 0.372. The first kappa shape index (κ1) is 25.2. The highest BCUT2D eigenvalue weighted by Gasteiger charge is 2.69. The number of aromatic nitrogens is 1. The van der Waals surface area contributed by atoms with E-state index < -0.39 is 11.3 Å². The van der Waals surface area contributed by atoms with E-state index in [9.17, 15) is 14.7 Å². The molecule has 0 bridgehead atoms. The molecule has 0 saturated carbocycles. The third-order valence-electron chi connectivity index (χ3n) is 7.34. The predicted octanol–water partition coefficient (Wildman–Crippen LogP) is 3.10. The van der Waals surface area contributed by atoms with Crippen molar-refractivity contribution in [1.29, 1.82) is 0 Å². The molecule has 2 amide bonds. The molecule has 198 valence electrons. The first-order valence-electron chi connectivity index (χ1n) is 12.1. The number of rotatable bonds is 4. The lowest BCUT2D eigenvalue weighted by atomic mass is 9.80. The van der Waals surface area contributed by atoms with Gasteiger partial charge in [0.25, 0.3) is 5.56 Å². The smallest absolute Gasteiger partial charge is 0.324 e. The first-order chi connectivity index (χ1) is 18.7. The topological polar surface area (TPSA) is 99.4 Å². The van der Waals surface area contributed by atoms with Crippen LogP contribution < -0.4 is 25.1 Å². The molecule has 1 aromatic heterocycles. The molecule has 3 aromatic carbocycles. The molecule has 2 N–H and O–H groups in total. The number of fused-ring (bicyclic) bond motifs is 2. The van der Waals surface area contributed by atoms with Crippen molar-refractivity contribution in [2.45, 2.75) is 11.3 Å². The summed E-state index contributed by atoms with van der Waals surface area (Å²) >= 11 is 4.55. The summed E-state index contributed by atoms with van der Waals surface area (Å²) < 4.78 is 7.55. The monoisotopic (exact) mass is 605 g/mol. The average molecular weight is 607 g/mol. The summed E-state index contributed by atoms with van der Waals surface area (Å²) in [7, 11) is 4.91. The number of likely N-dealkylation sites (N-methyl/N-ethyl adjacent to an activating group) is 2. The highest BCUT2D eigenvalue weighted by atomic mass is 79.9. The van der Waals surface area contributed by atoms with E-state index in [1.165, 1.54) is 23.1 Å². The minimum absolute atomic E-state index is 0.0216. The van der Waals surface area contributed by atoms with Crippen molar-refractivity contribution < 1.29 is 14.6 Å². The Kier molecular flexibility index (Phi) is 5.81. The number of halogens is 1. The van der Waals surface area contributed by atoms with E-state index in [1.807, 2.05) is 60.7 Å². The van der Waals surface area contributed by atoms with Gasteiger partial charge in [0.2, 0.25) is 16.1 Å². The molecular formula is C28H24BrN5O4S. The summed E-state index contributed by atoms with van der Waals surface area (Å²) in [4.78, 5) is 36.3. The van der Waals surface area contributed by atoms with E-state index in [1.54, 1.807) is 42.1 Å². The van der Waals surface area contributed by atoms with Crippen molar-refractivity contribution in [2.75, 3.05) is 26.6 Å². The third-order valence-corrected chi connectivity index (χ3v) is 8.91. The lowest BCUT2D eigenvalue weighted by Crippen LogP contribution is -2.67. The van der Waals surface area contributed by atoms with Gasteiger partial charge in [0.1, 0.15) is 0 Å². The summed E-state index contributed by atoms with van der Waals surface area (Å²) in [5, 5.41) is 10.2. The number of urea groups is 1. The SMILES string of the molecule is COc1cc(/C=c2\sc3n(c2=O)N[C@@]2(c4ccccc4)N(C)C(=O)N(C)[C@]2(c2ccccc2)N=3)cc(Br)c1O. The second kappa shape index (κ2) is 8.99. The number of nitrogens with one attached hydrogen (secondary N) is 1. The number of thiazole rings is 1. The Hall–Kier alpha value is -4.09. The second-order valence-corrected chi connectivity index (χ2v) is 11.2. The van der Waals surface area contributed by atoms with Crippen LogP contribution in [0.2, 0.25) is 0 Å². The van der Waals surface area contributed by atoms with E-state index in [-0.39, 0.29) is 23.1 Å². The van der Waals surface area contributed by atoms with Gasteiger partial charge in [-0.15, -0.1) is 0 Å². The third kappa shape index (κ3) is 3.39. The van der Waals surface area contributed by atoms with E-state index >= 15 is 0 Å². The molecule has 0 aliphatic carbocycles. The molecule has 3 heterocycles. The van der Waals surface area contributed by atoms with Gasteiger partial charge in [-0.1, -0.05) is 72.0 Å². The Morgan fingerprint density at radius 3 is 2.28 bits per heavy atom. The molecule has 6 rings (SSSR count). The highest BCUT2D eigenvalue weighted by Crippen LogP contribution is 2.53. The lowest BCUT2D eigenvalue weighted by Gasteiger charge is -2.49. The normalized spacial score (nSPS) is 22.3. The molecule has 39 heavy (non-hydrogen) atoms. The standard InChI is InChI=1S/C28H24BrN5O4S/c1-32-26(37)33(2)28(19-12-8-5-9-13-19)27(32,18-10-6-4-7-11-18)30-25-34(31-28)24(36)22(39-25)16-17-14-20(29)23(35)21(15-17)38-3/h4-16,31,35H,1-3H3/b22-16-/t27-,28-/m0/s1. The lowest BCUT2D eigenvalue weighted by molar-refractivity contribution is 0.0648. The fraction of sp³-hybridized carbons (Fsp3) is 0.179. The number of aromatic hydroxyl groups is 1. The predicted molar refractivity (Wildman–Crippen MR) is 152 cm³/mol. The molecule has 2 aliphatic heterocycles. The number of carbonyl (C=O) groups excluding carboxylic acids is 1.